The fraction of sp³-hybridized carbons (Fsp3) is 0.636. The van der Waals surface area contributed by atoms with Gasteiger partial charge in [-0.05, 0) is 26.2 Å². The number of hydrogen-bond acceptors (Lipinski definition) is 1. The molecule has 1 rings (SSSR count). The smallest absolute Gasteiger partial charge is 0.234 e. The van der Waals surface area contributed by atoms with Crippen LogP contribution in [0.4, 0.5) is 0 Å². The molecule has 0 aliphatic carbocycles. The van der Waals surface area contributed by atoms with Crippen molar-refractivity contribution in [3.05, 3.63) is 6.92 Å². The van der Waals surface area contributed by atoms with Gasteiger partial charge in [-0.2, -0.15) is 0 Å². The highest BCUT2D eigenvalue weighted by Gasteiger charge is 2.14. The van der Waals surface area contributed by atoms with Crippen molar-refractivity contribution in [2.75, 3.05) is 13.1 Å². The van der Waals surface area contributed by atoms with Gasteiger partial charge < -0.3 is 4.90 Å². The van der Waals surface area contributed by atoms with E-state index < -0.39 is 0 Å². The van der Waals surface area contributed by atoms with Crippen LogP contribution in [0.3, 0.4) is 0 Å². The molecule has 2 nitrogen and oxygen atoms in total. The van der Waals surface area contributed by atoms with E-state index >= 15 is 0 Å². The third-order valence-electron chi connectivity index (χ3n) is 2.20. The lowest BCUT2D eigenvalue weighted by atomic mass is 10.1. The van der Waals surface area contributed by atoms with E-state index in [4.69, 9.17) is 0 Å². The van der Waals surface area contributed by atoms with Crippen LogP contribution in [-0.4, -0.2) is 23.9 Å². The molecule has 0 aromatic carbocycles. The molecule has 0 bridgehead atoms. The van der Waals surface area contributed by atoms with Crippen molar-refractivity contribution in [2.45, 2.75) is 32.1 Å². The summed E-state index contributed by atoms with van der Waals surface area (Å²) < 4.78 is 0. The summed E-state index contributed by atoms with van der Waals surface area (Å²) in [4.78, 5) is 13.4. The molecule has 1 saturated heterocycles. The lowest BCUT2D eigenvalue weighted by molar-refractivity contribution is -0.130. The van der Waals surface area contributed by atoms with Gasteiger partial charge in [-0.15, -0.1) is 5.92 Å². The lowest BCUT2D eigenvalue weighted by Crippen LogP contribution is -2.35. The highest BCUT2D eigenvalue weighted by molar-refractivity contribution is 5.78. The Kier molecular flexibility index (Phi) is 4.39. The summed E-state index contributed by atoms with van der Waals surface area (Å²) in [7, 11) is 0. The van der Waals surface area contributed by atoms with E-state index in [0.717, 1.165) is 25.9 Å². The number of piperidine rings is 1. The maximum absolute atomic E-state index is 11.5. The van der Waals surface area contributed by atoms with Crippen LogP contribution in [0.5, 0.6) is 0 Å². The molecule has 1 aliphatic rings. The molecular weight excluding hydrogens is 162 g/mol. The van der Waals surface area contributed by atoms with Crippen LogP contribution in [0.1, 0.15) is 32.1 Å². The van der Waals surface area contributed by atoms with Crippen LogP contribution in [0, 0.1) is 18.8 Å². The number of amides is 1. The summed E-state index contributed by atoms with van der Waals surface area (Å²) >= 11 is 0. The van der Waals surface area contributed by atoms with Crippen LogP contribution in [0.2, 0.25) is 0 Å². The van der Waals surface area contributed by atoms with Gasteiger partial charge in [-0.3, -0.25) is 4.79 Å². The molecule has 2 heteroatoms. The zero-order valence-corrected chi connectivity index (χ0v) is 8.01. The summed E-state index contributed by atoms with van der Waals surface area (Å²) in [5.41, 5.74) is 0. The Labute approximate surface area is 80.3 Å². The summed E-state index contributed by atoms with van der Waals surface area (Å²) in [5, 5.41) is 0. The Bertz CT molecular complexity index is 218. The van der Waals surface area contributed by atoms with Gasteiger partial charge in [0.1, 0.15) is 0 Å². The molecule has 1 fully saturated rings. The molecule has 0 spiro atoms. The molecule has 1 heterocycles. The van der Waals surface area contributed by atoms with E-state index in [1.165, 1.54) is 6.42 Å². The topological polar surface area (TPSA) is 20.3 Å². The quantitative estimate of drug-likeness (QED) is 0.559. The molecule has 13 heavy (non-hydrogen) atoms. The zero-order chi connectivity index (χ0) is 9.52. The molecule has 1 amide bonds. The molecule has 0 aromatic rings. The lowest BCUT2D eigenvalue weighted by Gasteiger charge is -2.25. The van der Waals surface area contributed by atoms with Gasteiger partial charge >= 0.3 is 0 Å². The summed E-state index contributed by atoms with van der Waals surface area (Å²) in [6, 6.07) is 0. The Morgan fingerprint density at radius 2 is 1.92 bits per heavy atom. The van der Waals surface area contributed by atoms with E-state index in [1.807, 2.05) is 4.90 Å². The van der Waals surface area contributed by atoms with E-state index in [-0.39, 0.29) is 5.91 Å². The number of rotatable bonds is 1. The summed E-state index contributed by atoms with van der Waals surface area (Å²) in [5.74, 6) is 5.82. The minimum atomic E-state index is 0.181. The maximum Gasteiger partial charge on any atom is 0.234 e. The second-order valence-corrected chi connectivity index (χ2v) is 3.22. The zero-order valence-electron chi connectivity index (χ0n) is 8.01. The average Bonchev–Trinajstić information content (AvgIpc) is 2.19. The average molecular weight is 178 g/mol. The third-order valence-corrected chi connectivity index (χ3v) is 2.20. The van der Waals surface area contributed by atoms with Crippen molar-refractivity contribution in [3.63, 3.8) is 0 Å². The Hall–Kier alpha value is -0.970. The highest BCUT2D eigenvalue weighted by Crippen LogP contribution is 2.09. The van der Waals surface area contributed by atoms with Crippen LogP contribution < -0.4 is 0 Å². The number of hydrogen-bond donors (Lipinski definition) is 0. The predicted octanol–water partition coefficient (Wildman–Crippen LogP) is 1.62. The molecule has 1 radical (unpaired) electrons. The van der Waals surface area contributed by atoms with E-state index in [2.05, 4.69) is 18.8 Å². The number of likely N-dealkylation sites (tertiary alicyclic amines) is 1. The van der Waals surface area contributed by atoms with Gasteiger partial charge in [0.2, 0.25) is 5.91 Å². The number of carbonyl (C=O) groups excluding carboxylic acids is 1. The third kappa shape index (κ3) is 3.50. The SMILES string of the molecule is [CH2]CC#CCC(=O)N1CCCCC1. The number of carbonyl (C=O) groups is 1. The molecule has 71 valence electrons. The van der Waals surface area contributed by atoms with Crippen LogP contribution >= 0.6 is 0 Å². The van der Waals surface area contributed by atoms with Gasteiger partial charge in [-0.25, -0.2) is 0 Å². The molecule has 0 N–H and O–H groups in total. The van der Waals surface area contributed by atoms with Crippen molar-refractivity contribution in [1.82, 2.24) is 4.90 Å². The summed E-state index contributed by atoms with van der Waals surface area (Å²) in [6.45, 7) is 5.44. The van der Waals surface area contributed by atoms with Gasteiger partial charge in [0.05, 0.1) is 6.42 Å². The maximum atomic E-state index is 11.5. The van der Waals surface area contributed by atoms with Crippen LogP contribution in [0.15, 0.2) is 0 Å². The van der Waals surface area contributed by atoms with Gasteiger partial charge in [-0.1, -0.05) is 5.92 Å². The van der Waals surface area contributed by atoms with Crippen LogP contribution in [0.25, 0.3) is 0 Å². The van der Waals surface area contributed by atoms with Crippen LogP contribution in [-0.2, 0) is 4.79 Å². The second kappa shape index (κ2) is 5.64. The van der Waals surface area contributed by atoms with E-state index in [9.17, 15) is 4.79 Å². The second-order valence-electron chi connectivity index (χ2n) is 3.22. The van der Waals surface area contributed by atoms with Gasteiger partial charge in [0.25, 0.3) is 0 Å². The number of nitrogens with zero attached hydrogens (tertiary/aromatic N) is 1. The highest BCUT2D eigenvalue weighted by atomic mass is 16.2. The first-order valence-electron chi connectivity index (χ1n) is 4.87. The van der Waals surface area contributed by atoms with E-state index in [1.54, 1.807) is 0 Å². The minimum Gasteiger partial charge on any atom is -0.342 e. The van der Waals surface area contributed by atoms with Crippen molar-refractivity contribution in [3.8, 4) is 11.8 Å². The Balaban J connectivity index is 2.29. The Morgan fingerprint density at radius 1 is 1.23 bits per heavy atom. The van der Waals surface area contributed by atoms with E-state index in [0.29, 0.717) is 12.8 Å². The molecule has 0 unspecified atom stereocenters. The van der Waals surface area contributed by atoms with Crippen molar-refractivity contribution in [1.29, 1.82) is 0 Å². The molecule has 0 aromatic heterocycles. The Morgan fingerprint density at radius 3 is 2.54 bits per heavy atom. The fourth-order valence-electron chi connectivity index (χ4n) is 1.48. The molecule has 1 aliphatic heterocycles. The molecule has 0 saturated carbocycles. The van der Waals surface area contributed by atoms with Gasteiger partial charge in [0, 0.05) is 19.5 Å². The minimum absolute atomic E-state index is 0.181. The normalized spacial score (nSPS) is 16.2. The summed E-state index contributed by atoms with van der Waals surface area (Å²) in [6.07, 6.45) is 4.51. The standard InChI is InChI=1S/C11H16NO/c1-2-3-5-8-11(13)12-9-6-4-7-10-12/h1-2,4,6-10H2. The monoisotopic (exact) mass is 178 g/mol. The molecular formula is C11H16NO. The van der Waals surface area contributed by atoms with Crippen molar-refractivity contribution < 1.29 is 4.79 Å². The first kappa shape index (κ1) is 10.1. The van der Waals surface area contributed by atoms with Crippen molar-refractivity contribution >= 4 is 5.91 Å². The largest absolute Gasteiger partial charge is 0.342 e. The predicted molar refractivity (Wildman–Crippen MR) is 52.8 cm³/mol. The molecule has 0 atom stereocenters. The first-order valence-corrected chi connectivity index (χ1v) is 4.87. The fourth-order valence-corrected chi connectivity index (χ4v) is 1.48. The van der Waals surface area contributed by atoms with Crippen molar-refractivity contribution in [2.24, 2.45) is 0 Å². The first-order chi connectivity index (χ1) is 6.34. The van der Waals surface area contributed by atoms with Gasteiger partial charge in [0.15, 0.2) is 0 Å².